The number of ether oxygens (including phenoxy) is 1. The third kappa shape index (κ3) is 4.42. The largest absolute Gasteiger partial charge is 0.465 e. The third-order valence-corrected chi connectivity index (χ3v) is 3.56. The van der Waals surface area contributed by atoms with Crippen LogP contribution < -0.4 is 0 Å². The van der Waals surface area contributed by atoms with Gasteiger partial charge in [-0.25, -0.2) is 0 Å². The van der Waals surface area contributed by atoms with Crippen molar-refractivity contribution in [1.29, 1.82) is 0 Å². The summed E-state index contributed by atoms with van der Waals surface area (Å²) in [6.07, 6.45) is 5.66. The van der Waals surface area contributed by atoms with Gasteiger partial charge in [-0.15, -0.1) is 0 Å². The molecule has 1 saturated heterocycles. The van der Waals surface area contributed by atoms with E-state index in [2.05, 4.69) is 20.8 Å². The second-order valence-corrected chi connectivity index (χ2v) is 4.99. The van der Waals surface area contributed by atoms with Gasteiger partial charge in [0.05, 0.1) is 6.61 Å². The van der Waals surface area contributed by atoms with Crippen molar-refractivity contribution >= 4 is 21.9 Å². The van der Waals surface area contributed by atoms with Crippen LogP contribution in [0.1, 0.15) is 39.0 Å². The molecule has 0 aliphatic carbocycles. The van der Waals surface area contributed by atoms with Crippen LogP contribution in [0.5, 0.6) is 0 Å². The van der Waals surface area contributed by atoms with Crippen LogP contribution in [0.2, 0.25) is 0 Å². The average Bonchev–Trinajstić information content (AvgIpc) is 2.30. The van der Waals surface area contributed by atoms with E-state index in [0.29, 0.717) is 6.61 Å². The minimum Gasteiger partial charge on any atom is -0.465 e. The van der Waals surface area contributed by atoms with Gasteiger partial charge in [0, 0.05) is 5.33 Å². The molecule has 1 fully saturated rings. The van der Waals surface area contributed by atoms with Crippen molar-refractivity contribution in [2.75, 3.05) is 25.0 Å². The molecule has 1 aliphatic heterocycles. The molecule has 4 heteroatoms. The maximum atomic E-state index is 11.8. The Balaban J connectivity index is 2.40. The molecule has 0 saturated carbocycles. The molecule has 1 rings (SSSR count). The molecule has 0 aromatic rings. The third-order valence-electron chi connectivity index (χ3n) is 3.00. The summed E-state index contributed by atoms with van der Waals surface area (Å²) >= 11 is 3.43. The Morgan fingerprint density at radius 3 is 2.94 bits per heavy atom. The lowest BCUT2D eigenvalue weighted by molar-refractivity contribution is -0.150. The van der Waals surface area contributed by atoms with Crippen LogP contribution in [-0.2, 0) is 9.53 Å². The number of carbonyl (C=O) groups excluding carboxylic acids is 1. The maximum Gasteiger partial charge on any atom is 0.323 e. The molecule has 1 unspecified atom stereocenters. The molecular weight excluding hydrogens is 270 g/mol. The van der Waals surface area contributed by atoms with E-state index in [0.717, 1.165) is 37.7 Å². The van der Waals surface area contributed by atoms with E-state index >= 15 is 0 Å². The lowest BCUT2D eigenvalue weighted by Crippen LogP contribution is -2.45. The molecule has 0 aromatic heterocycles. The van der Waals surface area contributed by atoms with Gasteiger partial charge in [0.25, 0.3) is 0 Å². The molecule has 3 nitrogen and oxygen atoms in total. The normalized spacial score (nSPS) is 22.0. The summed E-state index contributed by atoms with van der Waals surface area (Å²) in [7, 11) is 0. The van der Waals surface area contributed by atoms with Crippen molar-refractivity contribution < 1.29 is 9.53 Å². The SMILES string of the molecule is CCOC(=O)C1CCCCN1CCCCBr. The van der Waals surface area contributed by atoms with Crippen molar-refractivity contribution in [3.63, 3.8) is 0 Å². The highest BCUT2D eigenvalue weighted by molar-refractivity contribution is 9.09. The van der Waals surface area contributed by atoms with Crippen molar-refractivity contribution in [2.45, 2.75) is 45.1 Å². The van der Waals surface area contributed by atoms with Gasteiger partial charge in [0.15, 0.2) is 0 Å². The monoisotopic (exact) mass is 291 g/mol. The molecular formula is C12H22BrNO2. The van der Waals surface area contributed by atoms with Crippen molar-refractivity contribution in [3.8, 4) is 0 Å². The fourth-order valence-corrected chi connectivity index (χ4v) is 2.57. The Hall–Kier alpha value is -0.0900. The summed E-state index contributed by atoms with van der Waals surface area (Å²) in [5.74, 6) is -0.0268. The first-order valence-electron chi connectivity index (χ1n) is 6.26. The molecule has 16 heavy (non-hydrogen) atoms. The molecule has 0 amide bonds. The van der Waals surface area contributed by atoms with Gasteiger partial charge in [0.2, 0.25) is 0 Å². The number of hydrogen-bond donors (Lipinski definition) is 0. The quantitative estimate of drug-likeness (QED) is 0.428. The summed E-state index contributed by atoms with van der Waals surface area (Å²) in [4.78, 5) is 14.1. The highest BCUT2D eigenvalue weighted by Gasteiger charge is 2.28. The number of unbranched alkanes of at least 4 members (excludes halogenated alkanes) is 1. The van der Waals surface area contributed by atoms with Crippen LogP contribution in [0.25, 0.3) is 0 Å². The molecule has 0 spiro atoms. The first-order chi connectivity index (χ1) is 7.79. The molecule has 0 radical (unpaired) electrons. The number of alkyl halides is 1. The summed E-state index contributed by atoms with van der Waals surface area (Å²) in [6, 6.07) is 0.0176. The molecule has 1 aliphatic rings. The zero-order valence-corrected chi connectivity index (χ0v) is 11.7. The molecule has 0 aromatic carbocycles. The van der Waals surface area contributed by atoms with Crippen LogP contribution in [-0.4, -0.2) is 41.9 Å². The Labute approximate surface area is 107 Å². The van der Waals surface area contributed by atoms with Crippen LogP contribution >= 0.6 is 15.9 Å². The number of likely N-dealkylation sites (tertiary alicyclic amines) is 1. The van der Waals surface area contributed by atoms with Crippen LogP contribution in [0.3, 0.4) is 0 Å². The number of hydrogen-bond acceptors (Lipinski definition) is 3. The molecule has 0 bridgehead atoms. The Kier molecular flexibility index (Phi) is 7.05. The second-order valence-electron chi connectivity index (χ2n) is 4.20. The summed E-state index contributed by atoms with van der Waals surface area (Å²) in [6.45, 7) is 4.43. The molecule has 94 valence electrons. The first-order valence-corrected chi connectivity index (χ1v) is 7.38. The van der Waals surface area contributed by atoms with Gasteiger partial charge in [-0.1, -0.05) is 22.4 Å². The van der Waals surface area contributed by atoms with Gasteiger partial charge in [-0.3, -0.25) is 9.69 Å². The molecule has 0 N–H and O–H groups in total. The number of nitrogens with zero attached hydrogens (tertiary/aromatic N) is 1. The lowest BCUT2D eigenvalue weighted by Gasteiger charge is -2.33. The van der Waals surface area contributed by atoms with Gasteiger partial charge in [-0.2, -0.15) is 0 Å². The maximum absolute atomic E-state index is 11.8. The van der Waals surface area contributed by atoms with Gasteiger partial charge < -0.3 is 4.74 Å². The predicted octanol–water partition coefficient (Wildman–Crippen LogP) is 2.58. The first kappa shape index (κ1) is 14.0. The zero-order chi connectivity index (χ0) is 11.8. The van der Waals surface area contributed by atoms with E-state index in [-0.39, 0.29) is 12.0 Å². The number of piperidine rings is 1. The van der Waals surface area contributed by atoms with Crippen molar-refractivity contribution in [3.05, 3.63) is 0 Å². The fraction of sp³-hybridized carbons (Fsp3) is 0.917. The average molecular weight is 292 g/mol. The van der Waals surface area contributed by atoms with Gasteiger partial charge >= 0.3 is 5.97 Å². The summed E-state index contributed by atoms with van der Waals surface area (Å²) in [5.41, 5.74) is 0. The topological polar surface area (TPSA) is 29.5 Å². The predicted molar refractivity (Wildman–Crippen MR) is 68.9 cm³/mol. The lowest BCUT2D eigenvalue weighted by atomic mass is 10.0. The number of carbonyl (C=O) groups is 1. The minimum atomic E-state index is -0.0268. The molecule has 1 heterocycles. The smallest absolute Gasteiger partial charge is 0.323 e. The highest BCUT2D eigenvalue weighted by atomic mass is 79.9. The van der Waals surface area contributed by atoms with Crippen LogP contribution in [0, 0.1) is 0 Å². The zero-order valence-electron chi connectivity index (χ0n) is 10.1. The minimum absolute atomic E-state index is 0.0176. The van der Waals surface area contributed by atoms with E-state index in [4.69, 9.17) is 4.74 Å². The van der Waals surface area contributed by atoms with Crippen molar-refractivity contribution in [2.24, 2.45) is 0 Å². The second kappa shape index (κ2) is 8.07. The molecule has 1 atom stereocenters. The number of rotatable bonds is 6. The van der Waals surface area contributed by atoms with Crippen LogP contribution in [0.15, 0.2) is 0 Å². The van der Waals surface area contributed by atoms with E-state index in [9.17, 15) is 4.79 Å². The number of halogens is 1. The number of esters is 1. The Morgan fingerprint density at radius 1 is 1.44 bits per heavy atom. The fourth-order valence-electron chi connectivity index (χ4n) is 2.17. The van der Waals surface area contributed by atoms with E-state index < -0.39 is 0 Å². The van der Waals surface area contributed by atoms with Gasteiger partial charge in [0.1, 0.15) is 6.04 Å². The Bertz CT molecular complexity index is 211. The standard InChI is InChI=1S/C12H22BrNO2/c1-2-16-12(15)11-7-3-5-9-14(11)10-6-4-8-13/h11H,2-10H2,1H3. The van der Waals surface area contributed by atoms with E-state index in [1.165, 1.54) is 12.8 Å². The van der Waals surface area contributed by atoms with E-state index in [1.54, 1.807) is 0 Å². The highest BCUT2D eigenvalue weighted by Crippen LogP contribution is 2.18. The summed E-state index contributed by atoms with van der Waals surface area (Å²) < 4.78 is 5.13. The van der Waals surface area contributed by atoms with E-state index in [1.807, 2.05) is 6.92 Å². The van der Waals surface area contributed by atoms with Crippen LogP contribution in [0.4, 0.5) is 0 Å². The summed E-state index contributed by atoms with van der Waals surface area (Å²) in [5, 5.41) is 1.05. The van der Waals surface area contributed by atoms with Crippen molar-refractivity contribution in [1.82, 2.24) is 4.90 Å². The van der Waals surface area contributed by atoms with Gasteiger partial charge in [-0.05, 0) is 45.7 Å². The Morgan fingerprint density at radius 2 is 2.25 bits per heavy atom.